The first kappa shape index (κ1) is 15.3. The van der Waals surface area contributed by atoms with E-state index in [4.69, 9.17) is 4.74 Å². The number of ether oxygens (including phenoxy) is 1. The summed E-state index contributed by atoms with van der Waals surface area (Å²) >= 11 is 0. The van der Waals surface area contributed by atoms with Crippen LogP contribution >= 0.6 is 0 Å². The first-order valence-corrected chi connectivity index (χ1v) is 8.94. The van der Waals surface area contributed by atoms with E-state index < -0.39 is 0 Å². The summed E-state index contributed by atoms with van der Waals surface area (Å²) in [6.45, 7) is 0. The topological polar surface area (TPSA) is 85.7 Å². The molecule has 0 aliphatic heterocycles. The summed E-state index contributed by atoms with van der Waals surface area (Å²) in [5.74, 6) is 3.67. The van der Waals surface area contributed by atoms with Gasteiger partial charge >= 0.3 is 0 Å². The van der Waals surface area contributed by atoms with E-state index in [9.17, 15) is 4.79 Å². The van der Waals surface area contributed by atoms with Crippen molar-refractivity contribution in [3.05, 3.63) is 52.5 Å². The molecule has 2 saturated carbocycles. The minimum atomic E-state index is -0.161. The lowest BCUT2D eigenvalue weighted by molar-refractivity contribution is 0.414. The molecule has 2 heterocycles. The van der Waals surface area contributed by atoms with E-state index in [1.165, 1.54) is 0 Å². The Balaban J connectivity index is 1.61. The van der Waals surface area contributed by atoms with Crippen LogP contribution in [0.3, 0.4) is 0 Å². The van der Waals surface area contributed by atoms with Crippen LogP contribution < -0.4 is 10.3 Å². The Bertz CT molecular complexity index is 1010. The second kappa shape index (κ2) is 5.79. The van der Waals surface area contributed by atoms with Gasteiger partial charge in [-0.1, -0.05) is 0 Å². The van der Waals surface area contributed by atoms with E-state index in [0.717, 1.165) is 48.8 Å². The van der Waals surface area contributed by atoms with Crippen LogP contribution in [0.15, 0.2) is 35.3 Å². The molecular weight excluding hydrogens is 330 g/mol. The number of H-pyrrole nitrogens is 1. The Morgan fingerprint density at radius 3 is 2.46 bits per heavy atom. The molecule has 132 valence electrons. The summed E-state index contributed by atoms with van der Waals surface area (Å²) in [7, 11) is 1.63. The molecule has 0 unspecified atom stereocenters. The third-order valence-corrected chi connectivity index (χ3v) is 4.91. The van der Waals surface area contributed by atoms with Gasteiger partial charge in [-0.2, -0.15) is 5.10 Å². The predicted molar refractivity (Wildman–Crippen MR) is 95.7 cm³/mol. The fraction of sp³-hybridized carbons (Fsp3) is 0.368. The molecule has 0 radical (unpaired) electrons. The van der Waals surface area contributed by atoms with Gasteiger partial charge in [-0.05, 0) is 49.9 Å². The standard InChI is InChI=1S/C19H19N5O2/c1-26-14-8-6-13(7-9-14)24-18(21-17(23-24)12-4-5-12)15-10-20-16(11-2-3-11)22-19(15)25/h6-12H,2-5H2,1H3,(H,20,22,25). The molecule has 5 rings (SSSR count). The van der Waals surface area contributed by atoms with Crippen LogP contribution in [0.1, 0.15) is 49.2 Å². The number of benzene rings is 1. The van der Waals surface area contributed by atoms with Gasteiger partial charge in [-0.25, -0.2) is 14.6 Å². The number of methoxy groups -OCH3 is 1. The predicted octanol–water partition coefficient (Wildman–Crippen LogP) is 2.78. The molecule has 0 atom stereocenters. The number of nitrogens with one attached hydrogen (secondary N) is 1. The van der Waals surface area contributed by atoms with Gasteiger partial charge in [-0.15, -0.1) is 0 Å². The third-order valence-electron chi connectivity index (χ3n) is 4.91. The molecule has 0 saturated heterocycles. The van der Waals surface area contributed by atoms with Crippen molar-refractivity contribution in [2.24, 2.45) is 0 Å². The first-order chi connectivity index (χ1) is 12.7. The summed E-state index contributed by atoms with van der Waals surface area (Å²) in [4.78, 5) is 24.7. The summed E-state index contributed by atoms with van der Waals surface area (Å²) < 4.78 is 6.96. The largest absolute Gasteiger partial charge is 0.497 e. The van der Waals surface area contributed by atoms with Crippen LogP contribution in [0.4, 0.5) is 0 Å². The minimum Gasteiger partial charge on any atom is -0.497 e. The molecule has 3 aromatic rings. The van der Waals surface area contributed by atoms with Crippen LogP contribution in [0, 0.1) is 0 Å². The van der Waals surface area contributed by atoms with Crippen molar-refractivity contribution < 1.29 is 4.74 Å². The van der Waals surface area contributed by atoms with Crippen molar-refractivity contribution in [1.82, 2.24) is 24.7 Å². The van der Waals surface area contributed by atoms with Gasteiger partial charge in [0.2, 0.25) is 0 Å². The van der Waals surface area contributed by atoms with Crippen molar-refractivity contribution in [1.29, 1.82) is 0 Å². The lowest BCUT2D eigenvalue weighted by atomic mass is 10.2. The van der Waals surface area contributed by atoms with Crippen molar-refractivity contribution >= 4 is 0 Å². The van der Waals surface area contributed by atoms with Gasteiger partial charge in [0.25, 0.3) is 5.56 Å². The Labute approximate surface area is 150 Å². The fourth-order valence-corrected chi connectivity index (χ4v) is 3.05. The van der Waals surface area contributed by atoms with Gasteiger partial charge in [0.05, 0.1) is 12.8 Å². The lowest BCUT2D eigenvalue weighted by Gasteiger charge is -2.07. The van der Waals surface area contributed by atoms with Gasteiger partial charge in [0.15, 0.2) is 11.6 Å². The number of hydrogen-bond acceptors (Lipinski definition) is 5. The highest BCUT2D eigenvalue weighted by atomic mass is 16.5. The highest BCUT2D eigenvalue weighted by Crippen LogP contribution is 2.39. The zero-order chi connectivity index (χ0) is 17.7. The maximum absolute atomic E-state index is 12.7. The summed E-state index contributed by atoms with van der Waals surface area (Å²) in [6, 6.07) is 7.56. The molecule has 1 aromatic carbocycles. The van der Waals surface area contributed by atoms with Crippen LogP contribution in [-0.2, 0) is 0 Å². The molecule has 2 fully saturated rings. The monoisotopic (exact) mass is 349 g/mol. The molecule has 2 aliphatic rings. The second-order valence-electron chi connectivity index (χ2n) is 6.96. The smallest absolute Gasteiger partial charge is 0.261 e. The van der Waals surface area contributed by atoms with Gasteiger partial charge in [-0.3, -0.25) is 4.79 Å². The van der Waals surface area contributed by atoms with E-state index in [-0.39, 0.29) is 5.56 Å². The number of aromatic amines is 1. The van der Waals surface area contributed by atoms with Crippen LogP contribution in [0.5, 0.6) is 5.75 Å². The van der Waals surface area contributed by atoms with Crippen molar-refractivity contribution in [3.8, 4) is 22.8 Å². The fourth-order valence-electron chi connectivity index (χ4n) is 3.05. The molecule has 26 heavy (non-hydrogen) atoms. The zero-order valence-electron chi connectivity index (χ0n) is 14.5. The molecule has 0 bridgehead atoms. The maximum Gasteiger partial charge on any atom is 0.261 e. The average Bonchev–Trinajstić information content (AvgIpc) is 3.59. The summed E-state index contributed by atoms with van der Waals surface area (Å²) in [5, 5.41) is 4.67. The van der Waals surface area contributed by atoms with E-state index in [2.05, 4.69) is 20.1 Å². The van der Waals surface area contributed by atoms with Gasteiger partial charge < -0.3 is 9.72 Å². The average molecular weight is 349 g/mol. The number of nitrogens with zero attached hydrogens (tertiary/aromatic N) is 4. The normalized spacial score (nSPS) is 16.7. The Kier molecular flexibility index (Phi) is 3.41. The zero-order valence-corrected chi connectivity index (χ0v) is 14.5. The van der Waals surface area contributed by atoms with Gasteiger partial charge in [0.1, 0.15) is 17.1 Å². The molecular formula is C19H19N5O2. The van der Waals surface area contributed by atoms with E-state index in [0.29, 0.717) is 23.2 Å². The molecule has 7 heteroatoms. The van der Waals surface area contributed by atoms with E-state index in [1.54, 1.807) is 18.0 Å². The second-order valence-corrected chi connectivity index (χ2v) is 6.96. The van der Waals surface area contributed by atoms with Crippen molar-refractivity contribution in [3.63, 3.8) is 0 Å². The Hall–Kier alpha value is -2.96. The minimum absolute atomic E-state index is 0.161. The van der Waals surface area contributed by atoms with Gasteiger partial charge in [0, 0.05) is 18.0 Å². The lowest BCUT2D eigenvalue weighted by Crippen LogP contribution is -2.15. The van der Waals surface area contributed by atoms with Crippen molar-refractivity contribution in [2.75, 3.05) is 7.11 Å². The van der Waals surface area contributed by atoms with Crippen LogP contribution in [-0.4, -0.2) is 31.8 Å². The highest BCUT2D eigenvalue weighted by molar-refractivity contribution is 5.56. The SMILES string of the molecule is COc1ccc(-n2nc(C3CC3)nc2-c2cnc(C3CC3)[nH]c2=O)cc1. The number of rotatable bonds is 5. The Morgan fingerprint density at radius 2 is 1.85 bits per heavy atom. The molecule has 2 aliphatic carbocycles. The third kappa shape index (κ3) is 2.69. The number of aromatic nitrogens is 5. The maximum atomic E-state index is 12.7. The molecule has 1 N–H and O–H groups in total. The van der Waals surface area contributed by atoms with Crippen LogP contribution in [0.2, 0.25) is 0 Å². The molecule has 2 aromatic heterocycles. The summed E-state index contributed by atoms with van der Waals surface area (Å²) in [5.41, 5.74) is 1.13. The molecule has 0 amide bonds. The molecule has 7 nitrogen and oxygen atoms in total. The quantitative estimate of drug-likeness (QED) is 0.765. The Morgan fingerprint density at radius 1 is 1.12 bits per heavy atom. The van der Waals surface area contributed by atoms with Crippen LogP contribution in [0.25, 0.3) is 17.1 Å². The van der Waals surface area contributed by atoms with Crippen molar-refractivity contribution in [2.45, 2.75) is 37.5 Å². The summed E-state index contributed by atoms with van der Waals surface area (Å²) in [6.07, 6.45) is 6.02. The molecule has 0 spiro atoms. The highest BCUT2D eigenvalue weighted by Gasteiger charge is 2.31. The number of hydrogen-bond donors (Lipinski definition) is 1. The van der Waals surface area contributed by atoms with E-state index >= 15 is 0 Å². The first-order valence-electron chi connectivity index (χ1n) is 8.94. The van der Waals surface area contributed by atoms with E-state index in [1.807, 2.05) is 24.3 Å².